The van der Waals surface area contributed by atoms with E-state index in [9.17, 15) is 9.59 Å². The zero-order chi connectivity index (χ0) is 24.8. The van der Waals surface area contributed by atoms with Crippen LogP contribution in [0.3, 0.4) is 0 Å². The van der Waals surface area contributed by atoms with Crippen molar-refractivity contribution in [2.75, 3.05) is 40.8 Å². The number of pyridine rings is 1. The number of benzene rings is 2. The highest BCUT2D eigenvalue weighted by Gasteiger charge is 2.31. The lowest BCUT2D eigenvalue weighted by atomic mass is 9.99. The summed E-state index contributed by atoms with van der Waals surface area (Å²) in [5, 5.41) is 2.66. The van der Waals surface area contributed by atoms with Gasteiger partial charge in [0.2, 0.25) is 0 Å². The maximum absolute atomic E-state index is 13.7. The minimum atomic E-state index is -0.135. The van der Waals surface area contributed by atoms with E-state index in [-0.39, 0.29) is 24.5 Å². The normalized spacial score (nSPS) is 16.0. The molecule has 35 heavy (non-hydrogen) atoms. The minimum absolute atomic E-state index is 0.0409. The number of para-hydroxylation sites is 1. The summed E-state index contributed by atoms with van der Waals surface area (Å²) >= 11 is 0. The predicted octanol–water partition coefficient (Wildman–Crippen LogP) is 3.16. The molecule has 8 heteroatoms. The fraction of sp³-hybridized carbons (Fsp3) is 0.296. The van der Waals surface area contributed by atoms with Crippen LogP contribution in [0.15, 0.2) is 66.9 Å². The molecule has 0 spiro atoms. The third-order valence-corrected chi connectivity index (χ3v) is 6.22. The molecule has 1 N–H and O–H groups in total. The van der Waals surface area contributed by atoms with Gasteiger partial charge in [-0.05, 0) is 49.0 Å². The van der Waals surface area contributed by atoms with Crippen molar-refractivity contribution in [2.24, 2.45) is 0 Å². The van der Waals surface area contributed by atoms with Crippen molar-refractivity contribution < 1.29 is 19.1 Å². The van der Waals surface area contributed by atoms with Crippen molar-refractivity contribution in [3.8, 4) is 11.5 Å². The number of rotatable bonds is 7. The SMILES string of the molecule is CNC(=O)c1cccc(C2CN(C(=O)c3cccc(OC)c3OCc3ccccn3)CCN2C)c1. The molecular formula is C27H30N4O4. The van der Waals surface area contributed by atoms with Gasteiger partial charge in [-0.25, -0.2) is 0 Å². The van der Waals surface area contributed by atoms with Gasteiger partial charge in [-0.3, -0.25) is 19.5 Å². The van der Waals surface area contributed by atoms with E-state index in [2.05, 4.69) is 15.2 Å². The quantitative estimate of drug-likeness (QED) is 0.566. The summed E-state index contributed by atoms with van der Waals surface area (Å²) in [7, 11) is 5.21. The summed E-state index contributed by atoms with van der Waals surface area (Å²) < 4.78 is 11.6. The highest BCUT2D eigenvalue weighted by atomic mass is 16.5. The minimum Gasteiger partial charge on any atom is -0.493 e. The molecule has 2 heterocycles. The molecule has 0 aliphatic carbocycles. The molecule has 0 radical (unpaired) electrons. The molecule has 8 nitrogen and oxygen atoms in total. The van der Waals surface area contributed by atoms with Crippen LogP contribution in [0.25, 0.3) is 0 Å². The van der Waals surface area contributed by atoms with E-state index in [1.165, 1.54) is 0 Å². The number of aromatic nitrogens is 1. The van der Waals surface area contributed by atoms with E-state index in [0.717, 1.165) is 11.3 Å². The summed E-state index contributed by atoms with van der Waals surface area (Å²) in [4.78, 5) is 34.2. The van der Waals surface area contributed by atoms with Gasteiger partial charge >= 0.3 is 0 Å². The number of likely N-dealkylation sites (N-methyl/N-ethyl adjacent to an activating group) is 1. The van der Waals surface area contributed by atoms with E-state index >= 15 is 0 Å². The molecule has 1 saturated heterocycles. The topological polar surface area (TPSA) is 84.0 Å². The third-order valence-electron chi connectivity index (χ3n) is 6.22. The molecule has 1 atom stereocenters. The van der Waals surface area contributed by atoms with Gasteiger partial charge in [0.05, 0.1) is 24.4 Å². The summed E-state index contributed by atoms with van der Waals surface area (Å²) in [6.45, 7) is 2.00. The molecule has 182 valence electrons. The lowest BCUT2D eigenvalue weighted by molar-refractivity contribution is 0.0540. The van der Waals surface area contributed by atoms with Gasteiger partial charge in [0, 0.05) is 38.4 Å². The molecule has 0 saturated carbocycles. The van der Waals surface area contributed by atoms with Crippen LogP contribution in [0, 0.1) is 0 Å². The van der Waals surface area contributed by atoms with Crippen molar-refractivity contribution in [3.63, 3.8) is 0 Å². The van der Waals surface area contributed by atoms with Gasteiger partial charge < -0.3 is 19.7 Å². The first-order valence-corrected chi connectivity index (χ1v) is 11.5. The van der Waals surface area contributed by atoms with Gasteiger partial charge in [-0.2, -0.15) is 0 Å². The van der Waals surface area contributed by atoms with Crippen LogP contribution in [0.2, 0.25) is 0 Å². The Balaban J connectivity index is 1.58. The van der Waals surface area contributed by atoms with Gasteiger partial charge in [0.1, 0.15) is 6.61 Å². The Labute approximate surface area is 205 Å². The lowest BCUT2D eigenvalue weighted by Crippen LogP contribution is -2.49. The summed E-state index contributed by atoms with van der Waals surface area (Å²) in [6.07, 6.45) is 1.70. The third kappa shape index (κ3) is 5.44. The molecule has 3 aromatic rings. The number of piperazine rings is 1. The summed E-state index contributed by atoms with van der Waals surface area (Å²) in [5.74, 6) is 0.642. The highest BCUT2D eigenvalue weighted by Crippen LogP contribution is 2.34. The molecule has 2 aromatic carbocycles. The number of hydrogen-bond donors (Lipinski definition) is 1. The van der Waals surface area contributed by atoms with Crippen LogP contribution in [0.4, 0.5) is 0 Å². The second-order valence-electron chi connectivity index (χ2n) is 8.40. The molecule has 1 aromatic heterocycles. The first-order valence-electron chi connectivity index (χ1n) is 11.5. The molecular weight excluding hydrogens is 444 g/mol. The predicted molar refractivity (Wildman–Crippen MR) is 133 cm³/mol. The molecule has 0 bridgehead atoms. The Kier molecular flexibility index (Phi) is 7.62. The fourth-order valence-electron chi connectivity index (χ4n) is 4.24. The highest BCUT2D eigenvalue weighted by molar-refractivity contribution is 5.98. The zero-order valence-electron chi connectivity index (χ0n) is 20.2. The van der Waals surface area contributed by atoms with E-state index in [1.54, 1.807) is 44.6 Å². The Morgan fingerprint density at radius 1 is 1.09 bits per heavy atom. The average Bonchev–Trinajstić information content (AvgIpc) is 2.91. The number of carbonyl (C=O) groups is 2. The van der Waals surface area contributed by atoms with Crippen molar-refractivity contribution in [2.45, 2.75) is 12.6 Å². The van der Waals surface area contributed by atoms with Crippen molar-refractivity contribution in [1.29, 1.82) is 0 Å². The number of carbonyl (C=O) groups excluding carboxylic acids is 2. The number of amides is 2. The van der Waals surface area contributed by atoms with Gasteiger partial charge in [0.25, 0.3) is 11.8 Å². The lowest BCUT2D eigenvalue weighted by Gasteiger charge is -2.40. The second-order valence-corrected chi connectivity index (χ2v) is 8.40. The molecule has 4 rings (SSSR count). The van der Waals surface area contributed by atoms with Crippen LogP contribution in [0.5, 0.6) is 11.5 Å². The second kappa shape index (κ2) is 11.0. The van der Waals surface area contributed by atoms with E-state index in [4.69, 9.17) is 9.47 Å². The smallest absolute Gasteiger partial charge is 0.257 e. The van der Waals surface area contributed by atoms with Crippen LogP contribution in [-0.4, -0.2) is 67.4 Å². The van der Waals surface area contributed by atoms with Crippen LogP contribution in [-0.2, 0) is 6.61 Å². The van der Waals surface area contributed by atoms with Crippen LogP contribution >= 0.6 is 0 Å². The van der Waals surface area contributed by atoms with E-state index in [0.29, 0.717) is 42.3 Å². The average molecular weight is 475 g/mol. The van der Waals surface area contributed by atoms with Crippen LogP contribution in [0.1, 0.15) is 38.0 Å². The Morgan fingerprint density at radius 3 is 2.66 bits per heavy atom. The van der Waals surface area contributed by atoms with Gasteiger partial charge in [0.15, 0.2) is 11.5 Å². The van der Waals surface area contributed by atoms with Crippen molar-refractivity contribution >= 4 is 11.8 Å². The van der Waals surface area contributed by atoms with Gasteiger partial charge in [-0.1, -0.05) is 24.3 Å². The van der Waals surface area contributed by atoms with Gasteiger partial charge in [-0.15, -0.1) is 0 Å². The number of hydrogen-bond acceptors (Lipinski definition) is 6. The standard InChI is InChI=1S/C27H30N4O4/c1-28-26(32)20-9-6-8-19(16-20)23-17-31(15-14-30(23)2)27(33)22-11-7-12-24(34-3)25(22)35-18-21-10-4-5-13-29-21/h4-13,16,23H,14-15,17-18H2,1-3H3,(H,28,32). The number of methoxy groups -OCH3 is 1. The maximum atomic E-state index is 13.7. The van der Waals surface area contributed by atoms with Crippen molar-refractivity contribution in [1.82, 2.24) is 20.1 Å². The van der Waals surface area contributed by atoms with Crippen molar-refractivity contribution in [3.05, 3.63) is 89.2 Å². The number of ether oxygens (including phenoxy) is 2. The molecule has 1 fully saturated rings. The van der Waals surface area contributed by atoms with E-state index in [1.807, 2.05) is 48.3 Å². The Bertz CT molecular complexity index is 1180. The van der Waals surface area contributed by atoms with Crippen LogP contribution < -0.4 is 14.8 Å². The largest absolute Gasteiger partial charge is 0.493 e. The summed E-state index contributed by atoms with van der Waals surface area (Å²) in [5.41, 5.74) is 2.79. The zero-order valence-corrected chi connectivity index (χ0v) is 20.2. The molecule has 1 unspecified atom stereocenters. The Hall–Kier alpha value is -3.91. The first-order chi connectivity index (χ1) is 17.0. The van der Waals surface area contributed by atoms with E-state index < -0.39 is 0 Å². The first kappa shape index (κ1) is 24.2. The Morgan fingerprint density at radius 2 is 1.91 bits per heavy atom. The molecule has 1 aliphatic heterocycles. The number of nitrogens with one attached hydrogen (secondary N) is 1. The monoisotopic (exact) mass is 474 g/mol. The molecule has 1 aliphatic rings. The molecule has 2 amide bonds. The maximum Gasteiger partial charge on any atom is 0.257 e. The fourth-order valence-corrected chi connectivity index (χ4v) is 4.24. The number of nitrogens with zero attached hydrogens (tertiary/aromatic N) is 3. The summed E-state index contributed by atoms with van der Waals surface area (Å²) in [6, 6.07) is 18.4.